The molecule has 0 amide bonds. The van der Waals surface area contributed by atoms with Gasteiger partial charge in [0.1, 0.15) is 12.4 Å². The Bertz CT molecular complexity index is 553. The van der Waals surface area contributed by atoms with Gasteiger partial charge in [0.05, 0.1) is 0 Å². The summed E-state index contributed by atoms with van der Waals surface area (Å²) in [6.45, 7) is 5.32. The van der Waals surface area contributed by atoms with Crippen molar-refractivity contribution in [3.63, 3.8) is 0 Å². The SMILES string of the molecule is Cc1cc(OCCN)cc(C)c1Cc1ccc(N)cc1. The number of ether oxygens (including phenoxy) is 1. The van der Waals surface area contributed by atoms with E-state index in [2.05, 4.69) is 38.1 Å². The molecule has 0 aliphatic heterocycles. The quantitative estimate of drug-likeness (QED) is 0.821. The number of anilines is 1. The maximum atomic E-state index is 5.72. The lowest BCUT2D eigenvalue weighted by Gasteiger charge is -2.13. The van der Waals surface area contributed by atoms with Gasteiger partial charge in [-0.1, -0.05) is 12.1 Å². The van der Waals surface area contributed by atoms with E-state index in [4.69, 9.17) is 16.2 Å². The predicted octanol–water partition coefficient (Wildman–Crippen LogP) is 2.81. The van der Waals surface area contributed by atoms with Crippen molar-refractivity contribution in [2.24, 2.45) is 5.73 Å². The van der Waals surface area contributed by atoms with Gasteiger partial charge in [-0.2, -0.15) is 0 Å². The van der Waals surface area contributed by atoms with Crippen LogP contribution in [0.2, 0.25) is 0 Å². The Hall–Kier alpha value is -2.00. The van der Waals surface area contributed by atoms with E-state index in [0.717, 1.165) is 17.9 Å². The molecule has 2 aromatic carbocycles. The lowest BCUT2D eigenvalue weighted by Crippen LogP contribution is -2.11. The van der Waals surface area contributed by atoms with Gasteiger partial charge in [-0.15, -0.1) is 0 Å². The zero-order valence-electron chi connectivity index (χ0n) is 12.1. The first kappa shape index (κ1) is 14.4. The Labute approximate surface area is 120 Å². The monoisotopic (exact) mass is 270 g/mol. The normalized spacial score (nSPS) is 10.6. The summed E-state index contributed by atoms with van der Waals surface area (Å²) in [5, 5.41) is 0. The predicted molar refractivity (Wildman–Crippen MR) is 84.1 cm³/mol. The fourth-order valence-electron chi connectivity index (χ4n) is 2.33. The molecule has 0 fully saturated rings. The van der Waals surface area contributed by atoms with Crippen molar-refractivity contribution in [3.05, 3.63) is 58.7 Å². The van der Waals surface area contributed by atoms with Crippen LogP contribution in [-0.2, 0) is 6.42 Å². The smallest absolute Gasteiger partial charge is 0.119 e. The van der Waals surface area contributed by atoms with Crippen molar-refractivity contribution in [3.8, 4) is 5.75 Å². The fourth-order valence-corrected chi connectivity index (χ4v) is 2.33. The molecule has 0 saturated heterocycles. The Kier molecular flexibility index (Phi) is 4.64. The standard InChI is InChI=1S/C17H22N2O/c1-12-9-16(20-8-7-18)10-13(2)17(12)11-14-3-5-15(19)6-4-14/h3-6,9-10H,7-8,11,18-19H2,1-2H3. The highest BCUT2D eigenvalue weighted by Crippen LogP contribution is 2.24. The van der Waals surface area contributed by atoms with Crippen molar-refractivity contribution in [1.29, 1.82) is 0 Å². The zero-order chi connectivity index (χ0) is 14.5. The molecule has 3 nitrogen and oxygen atoms in total. The van der Waals surface area contributed by atoms with Crippen LogP contribution in [0.25, 0.3) is 0 Å². The average molecular weight is 270 g/mol. The molecule has 0 spiro atoms. The minimum absolute atomic E-state index is 0.533. The highest BCUT2D eigenvalue weighted by molar-refractivity contribution is 5.45. The van der Waals surface area contributed by atoms with Crippen molar-refractivity contribution < 1.29 is 4.74 Å². The number of hydrogen-bond donors (Lipinski definition) is 2. The van der Waals surface area contributed by atoms with Gasteiger partial charge in [0, 0.05) is 12.2 Å². The van der Waals surface area contributed by atoms with Crippen LogP contribution in [0.15, 0.2) is 36.4 Å². The second-order valence-electron chi connectivity index (χ2n) is 5.09. The van der Waals surface area contributed by atoms with Gasteiger partial charge in [0.25, 0.3) is 0 Å². The highest BCUT2D eigenvalue weighted by atomic mass is 16.5. The topological polar surface area (TPSA) is 61.3 Å². The van der Waals surface area contributed by atoms with Crippen molar-refractivity contribution in [2.75, 3.05) is 18.9 Å². The maximum Gasteiger partial charge on any atom is 0.119 e. The average Bonchev–Trinajstić information content (AvgIpc) is 2.42. The third-order valence-electron chi connectivity index (χ3n) is 3.42. The van der Waals surface area contributed by atoms with Gasteiger partial charge in [-0.05, 0) is 66.8 Å². The van der Waals surface area contributed by atoms with Crippen molar-refractivity contribution in [2.45, 2.75) is 20.3 Å². The molecule has 20 heavy (non-hydrogen) atoms. The van der Waals surface area contributed by atoms with Crippen LogP contribution in [0, 0.1) is 13.8 Å². The highest BCUT2D eigenvalue weighted by Gasteiger charge is 2.07. The molecule has 0 radical (unpaired) electrons. The lowest BCUT2D eigenvalue weighted by molar-refractivity contribution is 0.328. The van der Waals surface area contributed by atoms with E-state index >= 15 is 0 Å². The second-order valence-corrected chi connectivity index (χ2v) is 5.09. The number of aryl methyl sites for hydroxylation is 2. The van der Waals surface area contributed by atoms with E-state index in [0.29, 0.717) is 13.2 Å². The van der Waals surface area contributed by atoms with Gasteiger partial charge < -0.3 is 16.2 Å². The maximum absolute atomic E-state index is 5.72. The Morgan fingerprint density at radius 1 is 1.00 bits per heavy atom. The molecule has 0 aliphatic carbocycles. The third-order valence-corrected chi connectivity index (χ3v) is 3.42. The van der Waals surface area contributed by atoms with Crippen LogP contribution < -0.4 is 16.2 Å². The lowest BCUT2D eigenvalue weighted by atomic mass is 9.96. The summed E-state index contributed by atoms with van der Waals surface area (Å²) in [6, 6.07) is 12.2. The van der Waals surface area contributed by atoms with E-state index in [1.807, 2.05) is 12.1 Å². The Morgan fingerprint density at radius 3 is 2.15 bits per heavy atom. The van der Waals surface area contributed by atoms with Gasteiger partial charge in [0.15, 0.2) is 0 Å². The second kappa shape index (κ2) is 6.44. The van der Waals surface area contributed by atoms with Crippen LogP contribution >= 0.6 is 0 Å². The number of nitrogen functional groups attached to an aromatic ring is 1. The number of rotatable bonds is 5. The van der Waals surface area contributed by atoms with Crippen LogP contribution in [0.4, 0.5) is 5.69 Å². The number of benzene rings is 2. The molecule has 0 atom stereocenters. The van der Waals surface area contributed by atoms with Gasteiger partial charge >= 0.3 is 0 Å². The van der Waals surface area contributed by atoms with Gasteiger partial charge in [0.2, 0.25) is 0 Å². The molecule has 0 bridgehead atoms. The molecule has 3 heteroatoms. The third kappa shape index (κ3) is 3.52. The minimum atomic E-state index is 0.533. The van der Waals surface area contributed by atoms with E-state index in [1.165, 1.54) is 22.3 Å². The largest absolute Gasteiger partial charge is 0.492 e. The summed E-state index contributed by atoms with van der Waals surface area (Å²) < 4.78 is 5.60. The van der Waals surface area contributed by atoms with E-state index in [-0.39, 0.29) is 0 Å². The first-order chi connectivity index (χ1) is 9.60. The summed E-state index contributed by atoms with van der Waals surface area (Å²) in [7, 11) is 0. The Balaban J connectivity index is 2.21. The number of hydrogen-bond acceptors (Lipinski definition) is 3. The number of nitrogens with two attached hydrogens (primary N) is 2. The van der Waals surface area contributed by atoms with Crippen molar-refractivity contribution in [1.82, 2.24) is 0 Å². The summed E-state index contributed by atoms with van der Waals surface area (Å²) in [4.78, 5) is 0. The van der Waals surface area contributed by atoms with Crippen molar-refractivity contribution >= 4 is 5.69 Å². The minimum Gasteiger partial charge on any atom is -0.492 e. The van der Waals surface area contributed by atoms with E-state index in [1.54, 1.807) is 0 Å². The van der Waals surface area contributed by atoms with Crippen LogP contribution in [0.5, 0.6) is 5.75 Å². The summed E-state index contributed by atoms with van der Waals surface area (Å²) in [6.07, 6.45) is 0.912. The van der Waals surface area contributed by atoms with Gasteiger partial charge in [-0.3, -0.25) is 0 Å². The molecule has 0 unspecified atom stereocenters. The molecule has 2 rings (SSSR count). The summed E-state index contributed by atoms with van der Waals surface area (Å²) in [5.74, 6) is 0.895. The molecule has 4 N–H and O–H groups in total. The molecular formula is C17H22N2O. The Morgan fingerprint density at radius 2 is 1.60 bits per heavy atom. The summed E-state index contributed by atoms with van der Waals surface area (Å²) >= 11 is 0. The molecular weight excluding hydrogens is 248 g/mol. The fraction of sp³-hybridized carbons (Fsp3) is 0.294. The molecule has 0 heterocycles. The van der Waals surface area contributed by atoms with Crippen LogP contribution in [0.1, 0.15) is 22.3 Å². The zero-order valence-corrected chi connectivity index (χ0v) is 12.1. The molecule has 2 aromatic rings. The molecule has 106 valence electrons. The first-order valence-corrected chi connectivity index (χ1v) is 6.87. The van der Waals surface area contributed by atoms with Gasteiger partial charge in [-0.25, -0.2) is 0 Å². The van der Waals surface area contributed by atoms with E-state index < -0.39 is 0 Å². The molecule has 0 aliphatic rings. The summed E-state index contributed by atoms with van der Waals surface area (Å²) in [5.41, 5.74) is 17.1. The van der Waals surface area contributed by atoms with E-state index in [9.17, 15) is 0 Å². The first-order valence-electron chi connectivity index (χ1n) is 6.87. The molecule has 0 aromatic heterocycles. The van der Waals surface area contributed by atoms with Crippen LogP contribution in [0.3, 0.4) is 0 Å². The van der Waals surface area contributed by atoms with Crippen LogP contribution in [-0.4, -0.2) is 13.2 Å². The molecule has 0 saturated carbocycles.